The Morgan fingerprint density at radius 2 is 2.13 bits per heavy atom. The normalized spacial score (nSPS) is 11.5. The number of anilines is 1. The number of aromatic nitrogens is 2. The minimum atomic E-state index is -4.55. The van der Waals surface area contributed by atoms with Crippen LogP contribution in [0.4, 0.5) is 18.9 Å². The molecule has 0 saturated carbocycles. The molecule has 6 nitrogen and oxygen atoms in total. The molecule has 0 spiro atoms. The smallest absolute Gasteiger partial charge is 0.418 e. The number of ether oxygens (including phenoxy) is 1. The second-order valence-electron chi connectivity index (χ2n) is 4.59. The summed E-state index contributed by atoms with van der Waals surface area (Å²) in [6, 6.07) is 3.52. The molecule has 0 aliphatic rings. The first kappa shape index (κ1) is 17.1. The third-order valence-electron chi connectivity index (χ3n) is 2.91. The molecule has 126 valence electrons. The molecule has 23 heavy (non-hydrogen) atoms. The zero-order valence-electron chi connectivity index (χ0n) is 12.4. The Bertz CT molecular complexity index is 644. The van der Waals surface area contributed by atoms with Crippen molar-refractivity contribution in [1.29, 1.82) is 0 Å². The van der Waals surface area contributed by atoms with Gasteiger partial charge in [0.1, 0.15) is 12.4 Å². The Hall–Kier alpha value is -2.29. The van der Waals surface area contributed by atoms with E-state index in [1.807, 2.05) is 6.92 Å². The van der Waals surface area contributed by atoms with Crippen LogP contribution in [0.3, 0.4) is 0 Å². The zero-order valence-corrected chi connectivity index (χ0v) is 12.4. The molecule has 0 aliphatic heterocycles. The maximum atomic E-state index is 13.1. The van der Waals surface area contributed by atoms with Gasteiger partial charge in [-0.15, -0.1) is 0 Å². The SMILES string of the molecule is CCc1noc(CNc2ccc(OCCO)cc2C(F)(F)F)n1. The maximum absolute atomic E-state index is 13.1. The van der Waals surface area contributed by atoms with Crippen LogP contribution in [0.5, 0.6) is 5.75 Å². The highest BCUT2D eigenvalue weighted by Crippen LogP contribution is 2.37. The number of aliphatic hydroxyl groups excluding tert-OH is 1. The molecular formula is C14H16F3N3O3. The molecule has 1 aromatic heterocycles. The van der Waals surface area contributed by atoms with Gasteiger partial charge in [-0.05, 0) is 18.2 Å². The summed E-state index contributed by atoms with van der Waals surface area (Å²) in [5, 5.41) is 15.0. The molecule has 2 aromatic rings. The summed E-state index contributed by atoms with van der Waals surface area (Å²) in [5.41, 5.74) is -0.992. The van der Waals surface area contributed by atoms with Crippen molar-refractivity contribution in [2.24, 2.45) is 0 Å². The summed E-state index contributed by atoms with van der Waals surface area (Å²) >= 11 is 0. The molecule has 0 aliphatic carbocycles. The van der Waals surface area contributed by atoms with Crippen molar-refractivity contribution in [1.82, 2.24) is 10.1 Å². The van der Waals surface area contributed by atoms with E-state index in [1.54, 1.807) is 0 Å². The lowest BCUT2D eigenvalue weighted by molar-refractivity contribution is -0.137. The molecule has 0 atom stereocenters. The number of aliphatic hydroxyl groups is 1. The number of nitrogens with one attached hydrogen (secondary N) is 1. The Balaban J connectivity index is 2.16. The molecule has 0 fully saturated rings. The Kier molecular flexibility index (Phi) is 5.43. The van der Waals surface area contributed by atoms with E-state index in [-0.39, 0.29) is 37.1 Å². The van der Waals surface area contributed by atoms with E-state index in [4.69, 9.17) is 14.4 Å². The van der Waals surface area contributed by atoms with Gasteiger partial charge in [0.2, 0.25) is 5.89 Å². The van der Waals surface area contributed by atoms with Crippen molar-refractivity contribution >= 4 is 5.69 Å². The van der Waals surface area contributed by atoms with Crippen molar-refractivity contribution in [2.45, 2.75) is 26.1 Å². The Morgan fingerprint density at radius 3 is 2.74 bits per heavy atom. The number of rotatable bonds is 7. The maximum Gasteiger partial charge on any atom is 0.418 e. The second-order valence-corrected chi connectivity index (χ2v) is 4.59. The molecule has 0 bridgehead atoms. The lowest BCUT2D eigenvalue weighted by Gasteiger charge is -2.15. The predicted octanol–water partition coefficient (Wildman–Crippen LogP) is 2.63. The molecule has 0 radical (unpaired) electrons. The van der Waals surface area contributed by atoms with Gasteiger partial charge in [-0.1, -0.05) is 12.1 Å². The molecule has 0 unspecified atom stereocenters. The number of halogens is 3. The fraction of sp³-hybridized carbons (Fsp3) is 0.429. The van der Waals surface area contributed by atoms with Crippen LogP contribution in [0.25, 0.3) is 0 Å². The van der Waals surface area contributed by atoms with E-state index in [2.05, 4.69) is 15.5 Å². The van der Waals surface area contributed by atoms with E-state index >= 15 is 0 Å². The van der Waals surface area contributed by atoms with Gasteiger partial charge in [0.05, 0.1) is 18.7 Å². The van der Waals surface area contributed by atoms with Gasteiger partial charge in [-0.3, -0.25) is 0 Å². The fourth-order valence-electron chi connectivity index (χ4n) is 1.84. The van der Waals surface area contributed by atoms with Crippen molar-refractivity contribution in [2.75, 3.05) is 18.5 Å². The van der Waals surface area contributed by atoms with Crippen molar-refractivity contribution in [3.63, 3.8) is 0 Å². The summed E-state index contributed by atoms with van der Waals surface area (Å²) in [6.45, 7) is 1.46. The Morgan fingerprint density at radius 1 is 1.35 bits per heavy atom. The summed E-state index contributed by atoms with van der Waals surface area (Å²) in [7, 11) is 0. The van der Waals surface area contributed by atoms with Crippen LogP contribution in [-0.2, 0) is 19.1 Å². The van der Waals surface area contributed by atoms with E-state index < -0.39 is 11.7 Å². The van der Waals surface area contributed by atoms with Gasteiger partial charge in [-0.2, -0.15) is 18.2 Å². The standard InChI is InChI=1S/C14H16F3N3O3/c1-2-12-19-13(23-20-12)8-18-11-4-3-9(22-6-5-21)7-10(11)14(15,16)17/h3-4,7,18,21H,2,5-6,8H2,1H3. The van der Waals surface area contributed by atoms with Gasteiger partial charge < -0.3 is 19.7 Å². The zero-order chi connectivity index (χ0) is 16.9. The fourth-order valence-corrected chi connectivity index (χ4v) is 1.84. The lowest BCUT2D eigenvalue weighted by Crippen LogP contribution is -2.12. The Labute approximate surface area is 130 Å². The van der Waals surface area contributed by atoms with Crippen molar-refractivity contribution in [3.05, 3.63) is 35.5 Å². The second kappa shape index (κ2) is 7.32. The number of nitrogens with zero attached hydrogens (tertiary/aromatic N) is 2. The molecule has 2 N–H and O–H groups in total. The van der Waals surface area contributed by atoms with Crippen molar-refractivity contribution < 1.29 is 27.5 Å². The predicted molar refractivity (Wildman–Crippen MR) is 75.0 cm³/mol. The van der Waals surface area contributed by atoms with Crippen LogP contribution in [-0.4, -0.2) is 28.5 Å². The van der Waals surface area contributed by atoms with E-state index in [0.29, 0.717) is 12.2 Å². The van der Waals surface area contributed by atoms with Gasteiger partial charge in [0.25, 0.3) is 0 Å². The third kappa shape index (κ3) is 4.59. The summed E-state index contributed by atoms with van der Waals surface area (Å²) in [6.07, 6.45) is -3.97. The summed E-state index contributed by atoms with van der Waals surface area (Å²) < 4.78 is 49.3. The minimum Gasteiger partial charge on any atom is -0.491 e. The van der Waals surface area contributed by atoms with Crippen LogP contribution in [0.15, 0.2) is 22.7 Å². The van der Waals surface area contributed by atoms with E-state index in [1.165, 1.54) is 12.1 Å². The average Bonchev–Trinajstić information content (AvgIpc) is 2.98. The highest BCUT2D eigenvalue weighted by molar-refractivity contribution is 5.55. The van der Waals surface area contributed by atoms with E-state index in [0.717, 1.165) is 6.07 Å². The number of alkyl halides is 3. The quantitative estimate of drug-likeness (QED) is 0.812. The molecule has 2 rings (SSSR count). The largest absolute Gasteiger partial charge is 0.491 e. The van der Waals surface area contributed by atoms with Crippen LogP contribution >= 0.6 is 0 Å². The summed E-state index contributed by atoms with van der Waals surface area (Å²) in [4.78, 5) is 4.02. The highest BCUT2D eigenvalue weighted by Gasteiger charge is 2.34. The number of hydrogen-bond donors (Lipinski definition) is 2. The van der Waals surface area contributed by atoms with Crippen LogP contribution < -0.4 is 10.1 Å². The third-order valence-corrected chi connectivity index (χ3v) is 2.91. The molecular weight excluding hydrogens is 315 g/mol. The molecule has 0 saturated heterocycles. The lowest BCUT2D eigenvalue weighted by atomic mass is 10.1. The topological polar surface area (TPSA) is 80.4 Å². The minimum absolute atomic E-state index is 0.0209. The van der Waals surface area contributed by atoms with Crippen molar-refractivity contribution in [3.8, 4) is 5.75 Å². The summed E-state index contributed by atoms with van der Waals surface area (Å²) in [5.74, 6) is 0.726. The first-order valence-electron chi connectivity index (χ1n) is 6.94. The number of hydrogen-bond acceptors (Lipinski definition) is 6. The van der Waals surface area contributed by atoms with Gasteiger partial charge in [0.15, 0.2) is 5.82 Å². The van der Waals surface area contributed by atoms with Crippen LogP contribution in [0.1, 0.15) is 24.2 Å². The van der Waals surface area contributed by atoms with Gasteiger partial charge in [0, 0.05) is 12.1 Å². The number of aryl methyl sites for hydroxylation is 1. The molecule has 1 heterocycles. The first-order valence-corrected chi connectivity index (χ1v) is 6.94. The monoisotopic (exact) mass is 331 g/mol. The van der Waals surface area contributed by atoms with Gasteiger partial charge in [-0.25, -0.2) is 0 Å². The van der Waals surface area contributed by atoms with Crippen LogP contribution in [0.2, 0.25) is 0 Å². The molecule has 0 amide bonds. The average molecular weight is 331 g/mol. The van der Waals surface area contributed by atoms with Crippen LogP contribution in [0, 0.1) is 0 Å². The molecule has 9 heteroatoms. The first-order chi connectivity index (χ1) is 10.9. The molecule has 1 aromatic carbocycles. The van der Waals surface area contributed by atoms with E-state index in [9.17, 15) is 13.2 Å². The highest BCUT2D eigenvalue weighted by atomic mass is 19.4. The van der Waals surface area contributed by atoms with Gasteiger partial charge >= 0.3 is 6.18 Å². The number of benzene rings is 1.